The molecule has 0 heterocycles. The number of aliphatic hydroxyl groups excluding tert-OH is 3. The van der Waals surface area contributed by atoms with Crippen LogP contribution < -0.4 is 0 Å². The largest absolute Gasteiger partial charge is 0.465 e. The van der Waals surface area contributed by atoms with Crippen LogP contribution in [-0.2, 0) is 9.53 Å². The van der Waals surface area contributed by atoms with Crippen LogP contribution in [-0.4, -0.2) is 47.7 Å². The average Bonchev–Trinajstić information content (AvgIpc) is 2.98. The molecule has 0 amide bonds. The molecule has 0 spiro atoms. The molecule has 3 rings (SSSR count). The summed E-state index contributed by atoms with van der Waals surface area (Å²) in [6.45, 7) is -1.26. The van der Waals surface area contributed by atoms with Crippen LogP contribution in [0.15, 0.2) is 48.5 Å². The van der Waals surface area contributed by atoms with E-state index in [4.69, 9.17) is 4.74 Å². The molecule has 0 saturated heterocycles. The smallest absolute Gasteiger partial charge is 0.306 e. The van der Waals surface area contributed by atoms with Gasteiger partial charge in [0.05, 0.1) is 31.7 Å². The van der Waals surface area contributed by atoms with Crippen molar-refractivity contribution in [2.75, 3.05) is 26.4 Å². The van der Waals surface area contributed by atoms with Crippen LogP contribution >= 0.6 is 0 Å². The van der Waals surface area contributed by atoms with Crippen LogP contribution in [0.5, 0.6) is 0 Å². The topological polar surface area (TPSA) is 87.0 Å². The van der Waals surface area contributed by atoms with E-state index in [9.17, 15) is 20.1 Å². The fourth-order valence-corrected chi connectivity index (χ4v) is 3.29. The lowest BCUT2D eigenvalue weighted by Crippen LogP contribution is -2.37. The summed E-state index contributed by atoms with van der Waals surface area (Å²) < 4.78 is 5.43. The quantitative estimate of drug-likeness (QED) is 0.667. The zero-order valence-electron chi connectivity index (χ0n) is 13.9. The molecule has 0 aliphatic heterocycles. The summed E-state index contributed by atoms with van der Waals surface area (Å²) in [7, 11) is 0. The molecular formula is C20H22O5. The normalized spacial score (nSPS) is 13.4. The molecule has 0 bridgehead atoms. The minimum absolute atomic E-state index is 0.0388. The van der Waals surface area contributed by atoms with E-state index in [1.54, 1.807) is 0 Å². The Kier molecular flexibility index (Phi) is 5.18. The van der Waals surface area contributed by atoms with Gasteiger partial charge in [-0.25, -0.2) is 0 Å². The first-order valence-electron chi connectivity index (χ1n) is 8.30. The average molecular weight is 342 g/mol. The third-order valence-corrected chi connectivity index (χ3v) is 4.90. The summed E-state index contributed by atoms with van der Waals surface area (Å²) in [6.07, 6.45) is -0.230. The first-order chi connectivity index (χ1) is 12.1. The zero-order chi connectivity index (χ0) is 17.9. The zero-order valence-corrected chi connectivity index (χ0v) is 13.9. The van der Waals surface area contributed by atoms with Gasteiger partial charge in [0.1, 0.15) is 6.61 Å². The molecule has 5 heteroatoms. The number of aliphatic hydroxyl groups is 3. The molecule has 5 nitrogen and oxygen atoms in total. The molecule has 0 atom stereocenters. The molecule has 1 aliphatic rings. The van der Waals surface area contributed by atoms with Crippen LogP contribution in [0.4, 0.5) is 0 Å². The fraction of sp³-hybridized carbons (Fsp3) is 0.350. The second-order valence-corrected chi connectivity index (χ2v) is 6.56. The summed E-state index contributed by atoms with van der Waals surface area (Å²) in [5.74, 6) is -0.581. The highest BCUT2D eigenvalue weighted by molar-refractivity contribution is 5.79. The van der Waals surface area contributed by atoms with Crippen molar-refractivity contribution >= 4 is 5.97 Å². The predicted molar refractivity (Wildman–Crippen MR) is 93.0 cm³/mol. The van der Waals surface area contributed by atoms with Gasteiger partial charge in [0.25, 0.3) is 0 Å². The van der Waals surface area contributed by atoms with Gasteiger partial charge in [-0.1, -0.05) is 48.5 Å². The van der Waals surface area contributed by atoms with Crippen LogP contribution in [0.25, 0.3) is 11.1 Å². The molecule has 132 valence electrons. The Labute approximate surface area is 146 Å². The van der Waals surface area contributed by atoms with Crippen molar-refractivity contribution in [3.8, 4) is 11.1 Å². The van der Waals surface area contributed by atoms with Crippen molar-refractivity contribution in [3.63, 3.8) is 0 Å². The van der Waals surface area contributed by atoms with Crippen LogP contribution in [0, 0.1) is 5.41 Å². The highest BCUT2D eigenvalue weighted by atomic mass is 16.5. The van der Waals surface area contributed by atoms with E-state index in [2.05, 4.69) is 12.1 Å². The number of hydrogen-bond donors (Lipinski definition) is 3. The number of benzene rings is 2. The number of rotatable bonds is 7. The molecule has 25 heavy (non-hydrogen) atoms. The summed E-state index contributed by atoms with van der Waals surface area (Å²) in [6, 6.07) is 16.1. The summed E-state index contributed by atoms with van der Waals surface area (Å²) >= 11 is 0. The number of carbonyl (C=O) groups excluding carboxylic acids is 1. The SMILES string of the molecule is O=C(CC(CO)(CO)CO)OCC1c2ccccc2-c2ccccc21. The summed E-state index contributed by atoms with van der Waals surface area (Å²) in [4.78, 5) is 12.2. The number of carbonyl (C=O) groups is 1. The summed E-state index contributed by atoms with van der Waals surface area (Å²) in [5.41, 5.74) is 3.29. The lowest BCUT2D eigenvalue weighted by Gasteiger charge is -2.26. The molecule has 0 fully saturated rings. The van der Waals surface area contributed by atoms with E-state index in [1.165, 1.54) is 0 Å². The van der Waals surface area contributed by atoms with Gasteiger partial charge in [-0.3, -0.25) is 4.79 Å². The Morgan fingerprint density at radius 3 is 1.84 bits per heavy atom. The van der Waals surface area contributed by atoms with Crippen molar-refractivity contribution in [2.45, 2.75) is 12.3 Å². The van der Waals surface area contributed by atoms with Crippen molar-refractivity contribution < 1.29 is 24.9 Å². The van der Waals surface area contributed by atoms with E-state index in [0.717, 1.165) is 22.3 Å². The Hall–Kier alpha value is -2.21. The number of ether oxygens (including phenoxy) is 1. The molecule has 0 unspecified atom stereocenters. The van der Waals surface area contributed by atoms with E-state index in [1.807, 2.05) is 36.4 Å². The summed E-state index contributed by atoms with van der Waals surface area (Å²) in [5, 5.41) is 28.0. The van der Waals surface area contributed by atoms with E-state index >= 15 is 0 Å². The predicted octanol–water partition coefficient (Wildman–Crippen LogP) is 1.70. The maximum Gasteiger partial charge on any atom is 0.306 e. The Bertz CT molecular complexity index is 697. The number of hydrogen-bond acceptors (Lipinski definition) is 5. The van der Waals surface area contributed by atoms with E-state index < -0.39 is 31.2 Å². The van der Waals surface area contributed by atoms with Crippen LogP contribution in [0.3, 0.4) is 0 Å². The third kappa shape index (κ3) is 3.31. The minimum atomic E-state index is -1.25. The first kappa shape index (κ1) is 17.6. The standard InChI is InChI=1S/C20H22O5/c21-11-20(12-22,13-23)9-19(24)25-10-18-16-7-3-1-5-14(16)15-6-2-4-8-17(15)18/h1-8,18,21-23H,9-13H2. The second kappa shape index (κ2) is 7.35. The highest BCUT2D eigenvalue weighted by Gasteiger charge is 2.33. The van der Waals surface area contributed by atoms with Crippen molar-refractivity contribution in [1.82, 2.24) is 0 Å². The molecule has 1 aliphatic carbocycles. The van der Waals surface area contributed by atoms with Gasteiger partial charge in [0, 0.05) is 5.92 Å². The van der Waals surface area contributed by atoms with Gasteiger partial charge in [-0.15, -0.1) is 0 Å². The Morgan fingerprint density at radius 1 is 0.880 bits per heavy atom. The van der Waals surface area contributed by atoms with Crippen molar-refractivity contribution in [2.24, 2.45) is 5.41 Å². The van der Waals surface area contributed by atoms with Gasteiger partial charge in [-0.2, -0.15) is 0 Å². The second-order valence-electron chi connectivity index (χ2n) is 6.56. The van der Waals surface area contributed by atoms with Crippen LogP contribution in [0.2, 0.25) is 0 Å². The minimum Gasteiger partial charge on any atom is -0.465 e. The van der Waals surface area contributed by atoms with Gasteiger partial charge in [0.2, 0.25) is 0 Å². The Balaban J connectivity index is 1.74. The van der Waals surface area contributed by atoms with E-state index in [0.29, 0.717) is 0 Å². The van der Waals surface area contributed by atoms with Gasteiger partial charge in [0.15, 0.2) is 0 Å². The molecule has 2 aromatic carbocycles. The van der Waals surface area contributed by atoms with Gasteiger partial charge >= 0.3 is 5.97 Å². The number of fused-ring (bicyclic) bond motifs is 3. The molecular weight excluding hydrogens is 320 g/mol. The monoisotopic (exact) mass is 342 g/mol. The number of esters is 1. The Morgan fingerprint density at radius 2 is 1.36 bits per heavy atom. The molecule has 0 aromatic heterocycles. The fourth-order valence-electron chi connectivity index (χ4n) is 3.29. The van der Waals surface area contributed by atoms with Crippen LogP contribution in [0.1, 0.15) is 23.5 Å². The van der Waals surface area contributed by atoms with Gasteiger partial charge in [-0.05, 0) is 22.3 Å². The van der Waals surface area contributed by atoms with Crippen molar-refractivity contribution in [1.29, 1.82) is 0 Å². The molecule has 3 N–H and O–H groups in total. The molecule has 0 saturated carbocycles. The van der Waals surface area contributed by atoms with Gasteiger partial charge < -0.3 is 20.1 Å². The van der Waals surface area contributed by atoms with Crippen molar-refractivity contribution in [3.05, 3.63) is 59.7 Å². The van der Waals surface area contributed by atoms with E-state index in [-0.39, 0.29) is 18.9 Å². The highest BCUT2D eigenvalue weighted by Crippen LogP contribution is 2.44. The maximum atomic E-state index is 12.2. The third-order valence-electron chi connectivity index (χ3n) is 4.90. The molecule has 0 radical (unpaired) electrons. The molecule has 2 aromatic rings. The lowest BCUT2D eigenvalue weighted by atomic mass is 9.87. The lowest BCUT2D eigenvalue weighted by molar-refractivity contribution is -0.150. The first-order valence-corrected chi connectivity index (χ1v) is 8.30. The maximum absolute atomic E-state index is 12.2.